The Balaban J connectivity index is 1.69. The Morgan fingerprint density at radius 2 is 1.95 bits per heavy atom. The first kappa shape index (κ1) is 15.9. The van der Waals surface area contributed by atoms with E-state index in [4.69, 9.17) is 14.2 Å². The molecule has 4 nitrogen and oxygen atoms in total. The number of fused-ring (bicyclic) bond motifs is 1. The van der Waals surface area contributed by atoms with Gasteiger partial charge in [-0.3, -0.25) is 4.79 Å². The fraction of sp³-hybridized carbons (Fsp3) is 0.562. The lowest BCUT2D eigenvalue weighted by molar-refractivity contribution is -0.151. The van der Waals surface area contributed by atoms with Gasteiger partial charge in [0.2, 0.25) is 0 Å². The van der Waals surface area contributed by atoms with Gasteiger partial charge in [-0.15, -0.1) is 22.7 Å². The molecular weight excluding hydrogens is 320 g/mol. The van der Waals surface area contributed by atoms with Gasteiger partial charge in [-0.1, -0.05) is 0 Å². The third kappa shape index (κ3) is 2.93. The number of carbonyl (C=O) groups is 1. The highest BCUT2D eigenvalue weighted by Crippen LogP contribution is 2.53. The normalized spacial score (nSPS) is 17.6. The number of rotatable bonds is 7. The molecule has 0 bridgehead atoms. The van der Waals surface area contributed by atoms with Crippen molar-refractivity contribution in [1.29, 1.82) is 0 Å². The van der Waals surface area contributed by atoms with Gasteiger partial charge in [-0.25, -0.2) is 0 Å². The van der Waals surface area contributed by atoms with E-state index < -0.39 is 5.41 Å². The minimum atomic E-state index is -0.414. The molecule has 1 unspecified atom stereocenters. The molecule has 1 saturated carbocycles. The van der Waals surface area contributed by atoms with E-state index >= 15 is 0 Å². The Bertz CT molecular complexity index is 637. The van der Waals surface area contributed by atoms with Crippen LogP contribution in [0.25, 0.3) is 9.40 Å². The van der Waals surface area contributed by atoms with Crippen molar-refractivity contribution >= 4 is 38.0 Å². The third-order valence-corrected chi connectivity index (χ3v) is 6.44. The molecular formula is C16H20O4S2. The van der Waals surface area contributed by atoms with Gasteiger partial charge >= 0.3 is 5.97 Å². The van der Waals surface area contributed by atoms with E-state index in [1.54, 1.807) is 36.9 Å². The molecule has 0 N–H and O–H groups in total. The molecule has 6 heteroatoms. The molecule has 0 amide bonds. The Morgan fingerprint density at radius 3 is 2.55 bits per heavy atom. The van der Waals surface area contributed by atoms with Crippen molar-refractivity contribution in [3.05, 3.63) is 21.9 Å². The largest absolute Gasteiger partial charge is 0.462 e. The Morgan fingerprint density at radius 1 is 1.23 bits per heavy atom. The van der Waals surface area contributed by atoms with E-state index in [9.17, 15) is 4.79 Å². The zero-order valence-electron chi connectivity index (χ0n) is 13.0. The van der Waals surface area contributed by atoms with E-state index in [2.05, 4.69) is 19.1 Å². The van der Waals surface area contributed by atoms with Gasteiger partial charge < -0.3 is 14.2 Å². The molecule has 22 heavy (non-hydrogen) atoms. The number of methoxy groups -OCH3 is 2. The summed E-state index contributed by atoms with van der Waals surface area (Å²) in [6, 6.07) is 4.35. The van der Waals surface area contributed by atoms with Crippen LogP contribution in [-0.2, 0) is 24.4 Å². The van der Waals surface area contributed by atoms with Gasteiger partial charge in [0.25, 0.3) is 0 Å². The lowest BCUT2D eigenvalue weighted by atomic mass is 10.1. The van der Waals surface area contributed by atoms with Gasteiger partial charge in [0.1, 0.15) is 18.1 Å². The minimum Gasteiger partial charge on any atom is -0.462 e. The Labute approximate surface area is 138 Å². The quantitative estimate of drug-likeness (QED) is 0.724. The van der Waals surface area contributed by atoms with E-state index in [0.717, 1.165) is 17.7 Å². The zero-order valence-corrected chi connectivity index (χ0v) is 14.6. The number of aryl methyl sites for hydroxylation is 1. The van der Waals surface area contributed by atoms with Crippen LogP contribution in [0.1, 0.15) is 22.6 Å². The van der Waals surface area contributed by atoms with Crippen molar-refractivity contribution in [2.45, 2.75) is 31.3 Å². The van der Waals surface area contributed by atoms with Crippen LogP contribution in [0.15, 0.2) is 12.1 Å². The summed E-state index contributed by atoms with van der Waals surface area (Å²) in [6.45, 7) is 2.77. The van der Waals surface area contributed by atoms with Gasteiger partial charge in [-0.05, 0) is 31.9 Å². The molecule has 120 valence electrons. The van der Waals surface area contributed by atoms with Gasteiger partial charge in [0.05, 0.1) is 6.61 Å². The van der Waals surface area contributed by atoms with E-state index in [-0.39, 0.29) is 18.7 Å². The second kappa shape index (κ2) is 6.28. The maximum atomic E-state index is 12.5. The van der Waals surface area contributed by atoms with Crippen LogP contribution in [-0.4, -0.2) is 39.5 Å². The van der Waals surface area contributed by atoms with Crippen LogP contribution >= 0.6 is 22.7 Å². The summed E-state index contributed by atoms with van der Waals surface area (Å²) < 4.78 is 18.3. The summed E-state index contributed by atoms with van der Waals surface area (Å²) in [5.41, 5.74) is -0.414. The molecule has 0 aromatic carbocycles. The van der Waals surface area contributed by atoms with Crippen molar-refractivity contribution in [3.8, 4) is 0 Å². The molecule has 2 aromatic heterocycles. The third-order valence-electron chi connectivity index (χ3n) is 4.03. The topological polar surface area (TPSA) is 44.8 Å². The number of thiophene rings is 2. The zero-order chi connectivity index (χ0) is 15.7. The molecule has 1 fully saturated rings. The van der Waals surface area contributed by atoms with Gasteiger partial charge in [0.15, 0.2) is 0 Å². The molecule has 1 aliphatic carbocycles. The number of carbonyl (C=O) groups excluding carboxylic acids is 1. The maximum Gasteiger partial charge on any atom is 0.317 e. The summed E-state index contributed by atoms with van der Waals surface area (Å²) in [4.78, 5) is 15.0. The molecule has 2 aromatic rings. The smallest absolute Gasteiger partial charge is 0.317 e. The summed E-state index contributed by atoms with van der Waals surface area (Å²) in [5.74, 6) is -0.128. The molecule has 0 aliphatic heterocycles. The van der Waals surface area contributed by atoms with E-state index in [1.807, 2.05) is 0 Å². The van der Waals surface area contributed by atoms with Crippen molar-refractivity contribution in [2.75, 3.05) is 27.4 Å². The van der Waals surface area contributed by atoms with Crippen molar-refractivity contribution in [1.82, 2.24) is 0 Å². The van der Waals surface area contributed by atoms with Crippen molar-refractivity contribution in [3.63, 3.8) is 0 Å². The van der Waals surface area contributed by atoms with Crippen molar-refractivity contribution < 1.29 is 19.0 Å². The van der Waals surface area contributed by atoms with E-state index in [0.29, 0.717) is 6.61 Å². The number of ether oxygens (including phenoxy) is 3. The molecule has 0 spiro atoms. The lowest BCUT2D eigenvalue weighted by Gasteiger charge is -2.17. The van der Waals surface area contributed by atoms with Crippen LogP contribution in [0.5, 0.6) is 0 Å². The average molecular weight is 340 g/mol. The summed E-state index contributed by atoms with van der Waals surface area (Å²) in [6.07, 6.45) is 1.54. The van der Waals surface area contributed by atoms with Gasteiger partial charge in [0, 0.05) is 33.4 Å². The second-order valence-electron chi connectivity index (χ2n) is 5.69. The highest BCUT2D eigenvalue weighted by Gasteiger charge is 2.54. The van der Waals surface area contributed by atoms with Gasteiger partial charge in [-0.2, -0.15) is 0 Å². The number of hydrogen-bond acceptors (Lipinski definition) is 6. The average Bonchev–Trinajstić information content (AvgIpc) is 3.11. The van der Waals surface area contributed by atoms with Crippen molar-refractivity contribution in [2.24, 2.45) is 0 Å². The predicted octanol–water partition coefficient (Wildman–Crippen LogP) is 3.51. The maximum absolute atomic E-state index is 12.5. The lowest BCUT2D eigenvalue weighted by Crippen LogP contribution is -2.29. The first-order chi connectivity index (χ1) is 10.6. The monoisotopic (exact) mass is 340 g/mol. The summed E-state index contributed by atoms with van der Waals surface area (Å²) in [5, 5.41) is 0. The molecule has 1 aliphatic rings. The van der Waals surface area contributed by atoms with Crippen LogP contribution in [0, 0.1) is 6.92 Å². The molecule has 0 saturated heterocycles. The first-order valence-corrected chi connectivity index (χ1v) is 8.92. The fourth-order valence-electron chi connectivity index (χ4n) is 2.55. The number of esters is 1. The minimum absolute atomic E-state index is 0.128. The fourth-order valence-corrected chi connectivity index (χ4v) is 5.10. The highest BCUT2D eigenvalue weighted by molar-refractivity contribution is 7.27. The predicted molar refractivity (Wildman–Crippen MR) is 89.0 cm³/mol. The van der Waals surface area contributed by atoms with Crippen LogP contribution in [0.4, 0.5) is 0 Å². The standard InChI is InChI=1S/C16H20O4S2/c1-10-6-12-13(21-10)7-14(22-12)16(4-5-16)15(17)20-9-11(19-3)8-18-2/h6-7,11H,4-5,8-9H2,1-3H3. The molecule has 0 radical (unpaired) electrons. The SMILES string of the molecule is COCC(COC(=O)C1(c2cc3sc(C)cc3s2)CC1)OC. The molecule has 3 rings (SSSR count). The highest BCUT2D eigenvalue weighted by atomic mass is 32.1. The second-order valence-corrected chi connectivity index (χ2v) is 8.06. The Kier molecular flexibility index (Phi) is 4.54. The number of hydrogen-bond donors (Lipinski definition) is 0. The molecule has 2 heterocycles. The summed E-state index contributed by atoms with van der Waals surface area (Å²) in [7, 11) is 3.21. The van der Waals surface area contributed by atoms with Crippen LogP contribution in [0.3, 0.4) is 0 Å². The molecule has 1 atom stereocenters. The Hall–Kier alpha value is -0.950. The first-order valence-electron chi connectivity index (χ1n) is 7.28. The summed E-state index contributed by atoms with van der Waals surface area (Å²) >= 11 is 3.50. The van der Waals surface area contributed by atoms with Crippen LogP contribution < -0.4 is 0 Å². The van der Waals surface area contributed by atoms with Crippen LogP contribution in [0.2, 0.25) is 0 Å². The van der Waals surface area contributed by atoms with E-state index in [1.165, 1.54) is 14.3 Å².